The summed E-state index contributed by atoms with van der Waals surface area (Å²) in [6.07, 6.45) is 6.48. The minimum absolute atomic E-state index is 0.696. The molecule has 1 saturated heterocycles. The van der Waals surface area contributed by atoms with Gasteiger partial charge in [-0.3, -0.25) is 0 Å². The van der Waals surface area contributed by atoms with Crippen LogP contribution in [0.25, 0.3) is 0 Å². The molecule has 3 nitrogen and oxygen atoms in total. The molecule has 0 bridgehead atoms. The van der Waals surface area contributed by atoms with Crippen LogP contribution in [0.15, 0.2) is 17.6 Å². The van der Waals surface area contributed by atoms with Crippen LogP contribution in [0.3, 0.4) is 0 Å². The number of hydrogen-bond acceptors (Lipinski definition) is 3. The second-order valence-electron chi connectivity index (χ2n) is 3.43. The van der Waals surface area contributed by atoms with Crippen molar-refractivity contribution in [2.24, 2.45) is 7.05 Å². The molecular formula is C9H15N3S. The number of thioether (sulfide) groups is 1. The lowest BCUT2D eigenvalue weighted by atomic mass is 10.3. The van der Waals surface area contributed by atoms with E-state index in [0.29, 0.717) is 6.04 Å². The number of imidazole rings is 1. The second-order valence-corrected chi connectivity index (χ2v) is 4.41. The highest BCUT2D eigenvalue weighted by Gasteiger charge is 2.14. The van der Waals surface area contributed by atoms with E-state index in [9.17, 15) is 0 Å². The lowest BCUT2D eigenvalue weighted by Gasteiger charge is -2.08. The van der Waals surface area contributed by atoms with Crippen LogP contribution in [0.5, 0.6) is 0 Å². The molecule has 0 saturated carbocycles. The predicted octanol–water partition coefficient (Wildman–Crippen LogP) is 1.26. The Bertz CT molecular complexity index is 266. The summed E-state index contributed by atoms with van der Waals surface area (Å²) < 4.78 is 2.07. The first-order chi connectivity index (χ1) is 6.36. The molecule has 13 heavy (non-hydrogen) atoms. The van der Waals surface area contributed by atoms with Crippen LogP contribution in [0.2, 0.25) is 0 Å². The van der Waals surface area contributed by atoms with E-state index in [1.165, 1.54) is 19.4 Å². The summed E-state index contributed by atoms with van der Waals surface area (Å²) in [5.41, 5.74) is 0. The fraction of sp³-hybridized carbons (Fsp3) is 0.667. The first-order valence-corrected chi connectivity index (χ1v) is 5.68. The summed E-state index contributed by atoms with van der Waals surface area (Å²) in [6.45, 7) is 1.19. The van der Waals surface area contributed by atoms with Crippen LogP contribution >= 0.6 is 11.8 Å². The molecule has 1 atom stereocenters. The van der Waals surface area contributed by atoms with E-state index in [1.54, 1.807) is 0 Å². The van der Waals surface area contributed by atoms with Crippen molar-refractivity contribution >= 4 is 11.8 Å². The third kappa shape index (κ3) is 2.25. The van der Waals surface area contributed by atoms with Crippen LogP contribution in [0.1, 0.15) is 12.8 Å². The van der Waals surface area contributed by atoms with Gasteiger partial charge in [-0.1, -0.05) is 11.8 Å². The van der Waals surface area contributed by atoms with Crippen molar-refractivity contribution in [3.8, 4) is 0 Å². The Morgan fingerprint density at radius 3 is 3.31 bits per heavy atom. The maximum absolute atomic E-state index is 4.27. The lowest BCUT2D eigenvalue weighted by Crippen LogP contribution is -2.23. The Labute approximate surface area is 82.9 Å². The molecule has 0 radical (unpaired) electrons. The average Bonchev–Trinajstić information content (AvgIpc) is 2.72. The smallest absolute Gasteiger partial charge is 0.167 e. The third-order valence-electron chi connectivity index (χ3n) is 2.35. The van der Waals surface area contributed by atoms with Crippen molar-refractivity contribution in [3.63, 3.8) is 0 Å². The van der Waals surface area contributed by atoms with Gasteiger partial charge in [-0.25, -0.2) is 4.98 Å². The van der Waals surface area contributed by atoms with E-state index in [2.05, 4.69) is 14.9 Å². The van der Waals surface area contributed by atoms with Gasteiger partial charge in [-0.05, 0) is 19.4 Å². The zero-order chi connectivity index (χ0) is 9.10. The Morgan fingerprint density at radius 2 is 2.69 bits per heavy atom. The zero-order valence-electron chi connectivity index (χ0n) is 7.86. The van der Waals surface area contributed by atoms with Crippen LogP contribution in [-0.2, 0) is 7.05 Å². The first-order valence-electron chi connectivity index (χ1n) is 4.70. The summed E-state index contributed by atoms with van der Waals surface area (Å²) in [5, 5.41) is 4.60. The Hall–Kier alpha value is -0.480. The molecule has 1 aromatic rings. The summed E-state index contributed by atoms with van der Waals surface area (Å²) in [6, 6.07) is 0.696. The van der Waals surface area contributed by atoms with Gasteiger partial charge in [0.2, 0.25) is 0 Å². The first kappa shape index (κ1) is 9.09. The fourth-order valence-corrected chi connectivity index (χ4v) is 2.60. The summed E-state index contributed by atoms with van der Waals surface area (Å²) in [5.74, 6) is 1.14. The van der Waals surface area contributed by atoms with E-state index >= 15 is 0 Å². The van der Waals surface area contributed by atoms with Gasteiger partial charge in [-0.2, -0.15) is 0 Å². The molecule has 2 heterocycles. The molecule has 2 rings (SSSR count). The molecule has 1 fully saturated rings. The maximum atomic E-state index is 4.27. The molecule has 72 valence electrons. The van der Waals surface area contributed by atoms with Gasteiger partial charge in [0, 0.05) is 31.2 Å². The normalized spacial score (nSPS) is 22.4. The number of aromatic nitrogens is 2. The summed E-state index contributed by atoms with van der Waals surface area (Å²) in [7, 11) is 2.04. The predicted molar refractivity (Wildman–Crippen MR) is 55.0 cm³/mol. The summed E-state index contributed by atoms with van der Waals surface area (Å²) >= 11 is 1.84. The highest BCUT2D eigenvalue weighted by Crippen LogP contribution is 2.18. The number of aryl methyl sites for hydroxylation is 1. The van der Waals surface area contributed by atoms with Gasteiger partial charge in [0.15, 0.2) is 5.16 Å². The SMILES string of the molecule is Cn1ccnc1SC[C@@H]1CCCN1. The van der Waals surface area contributed by atoms with Gasteiger partial charge in [0.05, 0.1) is 0 Å². The molecule has 0 aromatic carbocycles. The van der Waals surface area contributed by atoms with Crippen LogP contribution in [0.4, 0.5) is 0 Å². The monoisotopic (exact) mass is 197 g/mol. The Kier molecular flexibility index (Phi) is 2.90. The van der Waals surface area contributed by atoms with Gasteiger partial charge in [0.1, 0.15) is 0 Å². The van der Waals surface area contributed by atoms with E-state index in [0.717, 1.165) is 10.9 Å². The Morgan fingerprint density at radius 1 is 1.77 bits per heavy atom. The number of nitrogens with one attached hydrogen (secondary N) is 1. The zero-order valence-corrected chi connectivity index (χ0v) is 8.68. The third-order valence-corrected chi connectivity index (χ3v) is 3.57. The molecule has 0 amide bonds. The second kappa shape index (κ2) is 4.15. The highest BCUT2D eigenvalue weighted by molar-refractivity contribution is 7.99. The molecule has 0 aliphatic carbocycles. The van der Waals surface area contributed by atoms with E-state index in [1.807, 2.05) is 31.2 Å². The quantitative estimate of drug-likeness (QED) is 0.740. The molecule has 1 aromatic heterocycles. The van der Waals surface area contributed by atoms with E-state index in [-0.39, 0.29) is 0 Å². The van der Waals surface area contributed by atoms with Crippen LogP contribution < -0.4 is 5.32 Å². The Balaban J connectivity index is 1.82. The minimum atomic E-state index is 0.696. The van der Waals surface area contributed by atoms with Crippen molar-refractivity contribution in [3.05, 3.63) is 12.4 Å². The van der Waals surface area contributed by atoms with Gasteiger partial charge in [-0.15, -0.1) is 0 Å². The van der Waals surface area contributed by atoms with Gasteiger partial charge in [0.25, 0.3) is 0 Å². The number of rotatable bonds is 3. The molecule has 4 heteroatoms. The van der Waals surface area contributed by atoms with E-state index < -0.39 is 0 Å². The minimum Gasteiger partial charge on any atom is -0.329 e. The number of hydrogen-bond donors (Lipinski definition) is 1. The largest absolute Gasteiger partial charge is 0.329 e. The molecule has 0 spiro atoms. The van der Waals surface area contributed by atoms with Crippen LogP contribution in [-0.4, -0.2) is 27.9 Å². The van der Waals surface area contributed by atoms with E-state index in [4.69, 9.17) is 0 Å². The fourth-order valence-electron chi connectivity index (χ4n) is 1.57. The average molecular weight is 197 g/mol. The molecule has 1 aliphatic heterocycles. The standard InChI is InChI=1S/C9H15N3S/c1-12-6-5-11-9(12)13-7-8-3-2-4-10-8/h5-6,8,10H,2-4,7H2,1H3/t8-/m0/s1. The molecule has 0 unspecified atom stereocenters. The highest BCUT2D eigenvalue weighted by atomic mass is 32.2. The maximum Gasteiger partial charge on any atom is 0.167 e. The molecule has 1 aliphatic rings. The van der Waals surface area contributed by atoms with Crippen molar-refractivity contribution in [2.75, 3.05) is 12.3 Å². The molecular weight excluding hydrogens is 182 g/mol. The van der Waals surface area contributed by atoms with Crippen molar-refractivity contribution < 1.29 is 0 Å². The lowest BCUT2D eigenvalue weighted by molar-refractivity contribution is 0.671. The molecule has 1 N–H and O–H groups in total. The van der Waals surface area contributed by atoms with Crippen molar-refractivity contribution in [2.45, 2.75) is 24.0 Å². The number of nitrogens with zero attached hydrogens (tertiary/aromatic N) is 2. The van der Waals surface area contributed by atoms with Crippen LogP contribution in [0, 0.1) is 0 Å². The van der Waals surface area contributed by atoms with Crippen molar-refractivity contribution in [1.29, 1.82) is 0 Å². The van der Waals surface area contributed by atoms with Crippen molar-refractivity contribution in [1.82, 2.24) is 14.9 Å². The summed E-state index contributed by atoms with van der Waals surface area (Å²) in [4.78, 5) is 4.27. The topological polar surface area (TPSA) is 29.9 Å². The van der Waals surface area contributed by atoms with Gasteiger partial charge < -0.3 is 9.88 Å². The van der Waals surface area contributed by atoms with Gasteiger partial charge >= 0.3 is 0 Å².